The standard InChI is InChI=1S/C17H14N2O2/c18-12-14-5-3-7-16(11-14)20-9-4-10-21-17-8-2-1-6-15(17)13-19/h1-3,5-8,11H,4,9-10H2. The number of nitriles is 2. The molecule has 0 atom stereocenters. The predicted molar refractivity (Wildman–Crippen MR) is 77.9 cm³/mol. The minimum atomic E-state index is 0.469. The molecule has 0 heterocycles. The lowest BCUT2D eigenvalue weighted by molar-refractivity contribution is 0.247. The van der Waals surface area contributed by atoms with Gasteiger partial charge in [0.25, 0.3) is 0 Å². The SMILES string of the molecule is N#Cc1cccc(OCCCOc2ccccc2C#N)c1. The zero-order valence-corrected chi connectivity index (χ0v) is 11.5. The molecule has 104 valence electrons. The molecule has 0 saturated heterocycles. The molecule has 0 aliphatic rings. The summed E-state index contributed by atoms with van der Waals surface area (Å²) in [6.07, 6.45) is 0.691. The van der Waals surface area contributed by atoms with Crippen LogP contribution in [0.1, 0.15) is 17.5 Å². The third kappa shape index (κ3) is 4.26. The quantitative estimate of drug-likeness (QED) is 0.760. The molecule has 0 fully saturated rings. The molecular weight excluding hydrogens is 264 g/mol. The lowest BCUT2D eigenvalue weighted by Crippen LogP contribution is -2.05. The van der Waals surface area contributed by atoms with E-state index in [0.717, 1.165) is 0 Å². The summed E-state index contributed by atoms with van der Waals surface area (Å²) in [5.41, 5.74) is 1.10. The number of ether oxygens (including phenoxy) is 2. The summed E-state index contributed by atoms with van der Waals surface area (Å²) < 4.78 is 11.1. The first-order chi connectivity index (χ1) is 10.3. The zero-order chi connectivity index (χ0) is 14.9. The second-order valence-corrected chi connectivity index (χ2v) is 4.30. The molecule has 2 aromatic rings. The fourth-order valence-electron chi connectivity index (χ4n) is 1.77. The van der Waals surface area contributed by atoms with Crippen molar-refractivity contribution < 1.29 is 9.47 Å². The van der Waals surface area contributed by atoms with Gasteiger partial charge in [0.1, 0.15) is 17.6 Å². The van der Waals surface area contributed by atoms with Crippen molar-refractivity contribution in [2.24, 2.45) is 0 Å². The first kappa shape index (κ1) is 14.4. The minimum Gasteiger partial charge on any atom is -0.493 e. The van der Waals surface area contributed by atoms with E-state index in [-0.39, 0.29) is 0 Å². The van der Waals surface area contributed by atoms with E-state index < -0.39 is 0 Å². The molecule has 0 spiro atoms. The van der Waals surface area contributed by atoms with Crippen LogP contribution in [0.25, 0.3) is 0 Å². The Morgan fingerprint density at radius 2 is 1.67 bits per heavy atom. The average molecular weight is 278 g/mol. The van der Waals surface area contributed by atoms with Crippen molar-refractivity contribution in [1.29, 1.82) is 10.5 Å². The van der Waals surface area contributed by atoms with Crippen LogP contribution in [0.2, 0.25) is 0 Å². The van der Waals surface area contributed by atoms with Gasteiger partial charge >= 0.3 is 0 Å². The number of benzene rings is 2. The van der Waals surface area contributed by atoms with Gasteiger partial charge in [0.2, 0.25) is 0 Å². The summed E-state index contributed by atoms with van der Waals surface area (Å²) in [7, 11) is 0. The van der Waals surface area contributed by atoms with Gasteiger partial charge in [0, 0.05) is 6.42 Å². The van der Waals surface area contributed by atoms with E-state index in [1.165, 1.54) is 0 Å². The molecule has 2 aromatic carbocycles. The van der Waals surface area contributed by atoms with Crippen LogP contribution >= 0.6 is 0 Å². The van der Waals surface area contributed by atoms with E-state index in [4.69, 9.17) is 20.0 Å². The van der Waals surface area contributed by atoms with Gasteiger partial charge in [-0.1, -0.05) is 18.2 Å². The summed E-state index contributed by atoms with van der Waals surface area (Å²) in [4.78, 5) is 0. The summed E-state index contributed by atoms with van der Waals surface area (Å²) in [6.45, 7) is 0.959. The second-order valence-electron chi connectivity index (χ2n) is 4.30. The summed E-state index contributed by atoms with van der Waals surface area (Å²) in [6, 6.07) is 18.3. The highest BCUT2D eigenvalue weighted by Crippen LogP contribution is 2.17. The topological polar surface area (TPSA) is 66.0 Å². The van der Waals surface area contributed by atoms with Gasteiger partial charge in [-0.3, -0.25) is 0 Å². The molecule has 0 saturated carbocycles. The fraction of sp³-hybridized carbons (Fsp3) is 0.176. The van der Waals surface area contributed by atoms with Crippen molar-refractivity contribution >= 4 is 0 Å². The molecule has 4 heteroatoms. The van der Waals surface area contributed by atoms with Gasteiger partial charge < -0.3 is 9.47 Å². The zero-order valence-electron chi connectivity index (χ0n) is 11.5. The van der Waals surface area contributed by atoms with E-state index in [1.807, 2.05) is 12.1 Å². The van der Waals surface area contributed by atoms with Crippen LogP contribution in [0, 0.1) is 22.7 Å². The van der Waals surface area contributed by atoms with Crippen LogP contribution in [0.4, 0.5) is 0 Å². The van der Waals surface area contributed by atoms with Crippen molar-refractivity contribution in [1.82, 2.24) is 0 Å². The maximum Gasteiger partial charge on any atom is 0.137 e. The largest absolute Gasteiger partial charge is 0.493 e. The van der Waals surface area contributed by atoms with Crippen molar-refractivity contribution in [3.8, 4) is 23.6 Å². The Balaban J connectivity index is 1.75. The molecule has 0 bridgehead atoms. The average Bonchev–Trinajstić information content (AvgIpc) is 2.55. The van der Waals surface area contributed by atoms with Gasteiger partial charge in [-0.05, 0) is 30.3 Å². The first-order valence-corrected chi connectivity index (χ1v) is 6.58. The second kappa shape index (κ2) is 7.57. The smallest absolute Gasteiger partial charge is 0.137 e. The number of rotatable bonds is 6. The van der Waals surface area contributed by atoms with Gasteiger partial charge in [-0.25, -0.2) is 0 Å². The predicted octanol–water partition coefficient (Wildman–Crippen LogP) is 3.28. The molecule has 0 radical (unpaired) electrons. The third-order valence-electron chi connectivity index (χ3n) is 2.79. The highest BCUT2D eigenvalue weighted by atomic mass is 16.5. The Labute approximate surface area is 123 Å². The molecule has 4 nitrogen and oxygen atoms in total. The lowest BCUT2D eigenvalue weighted by Gasteiger charge is -2.09. The van der Waals surface area contributed by atoms with E-state index in [9.17, 15) is 0 Å². The molecule has 0 aliphatic heterocycles. The summed E-state index contributed by atoms with van der Waals surface area (Å²) in [5.74, 6) is 1.26. The summed E-state index contributed by atoms with van der Waals surface area (Å²) >= 11 is 0. The van der Waals surface area contributed by atoms with Crippen LogP contribution < -0.4 is 9.47 Å². The van der Waals surface area contributed by atoms with Crippen LogP contribution in [0.5, 0.6) is 11.5 Å². The van der Waals surface area contributed by atoms with Crippen LogP contribution in [0.3, 0.4) is 0 Å². The first-order valence-electron chi connectivity index (χ1n) is 6.58. The molecule has 0 unspecified atom stereocenters. The molecular formula is C17H14N2O2. The molecule has 0 N–H and O–H groups in total. The number of para-hydroxylation sites is 1. The van der Waals surface area contributed by atoms with E-state index in [1.54, 1.807) is 36.4 Å². The van der Waals surface area contributed by atoms with Crippen molar-refractivity contribution in [2.75, 3.05) is 13.2 Å². The molecule has 2 rings (SSSR count). The highest BCUT2D eigenvalue weighted by molar-refractivity contribution is 5.42. The highest BCUT2D eigenvalue weighted by Gasteiger charge is 2.01. The Morgan fingerprint density at radius 1 is 0.857 bits per heavy atom. The maximum atomic E-state index is 8.94. The third-order valence-corrected chi connectivity index (χ3v) is 2.79. The number of hydrogen-bond acceptors (Lipinski definition) is 4. The van der Waals surface area contributed by atoms with Gasteiger partial charge in [-0.2, -0.15) is 10.5 Å². The minimum absolute atomic E-state index is 0.469. The van der Waals surface area contributed by atoms with Crippen molar-refractivity contribution in [3.63, 3.8) is 0 Å². The van der Waals surface area contributed by atoms with Crippen LogP contribution in [-0.2, 0) is 0 Å². The molecule has 0 aromatic heterocycles. The Hall–Kier alpha value is -2.98. The molecule has 21 heavy (non-hydrogen) atoms. The van der Waals surface area contributed by atoms with Crippen LogP contribution in [-0.4, -0.2) is 13.2 Å². The van der Waals surface area contributed by atoms with Crippen molar-refractivity contribution in [2.45, 2.75) is 6.42 Å². The Morgan fingerprint density at radius 3 is 2.48 bits per heavy atom. The van der Waals surface area contributed by atoms with Crippen LogP contribution in [0.15, 0.2) is 48.5 Å². The van der Waals surface area contributed by atoms with E-state index in [0.29, 0.717) is 42.3 Å². The van der Waals surface area contributed by atoms with E-state index >= 15 is 0 Å². The number of nitrogens with zero attached hydrogens (tertiary/aromatic N) is 2. The molecule has 0 aliphatic carbocycles. The van der Waals surface area contributed by atoms with Crippen molar-refractivity contribution in [3.05, 3.63) is 59.7 Å². The monoisotopic (exact) mass is 278 g/mol. The Bertz CT molecular complexity index is 684. The summed E-state index contributed by atoms with van der Waals surface area (Å²) in [5, 5.41) is 17.7. The fourth-order valence-corrected chi connectivity index (χ4v) is 1.77. The van der Waals surface area contributed by atoms with Gasteiger partial charge in [-0.15, -0.1) is 0 Å². The van der Waals surface area contributed by atoms with Gasteiger partial charge in [0.05, 0.1) is 30.4 Å². The Kier molecular flexibility index (Phi) is 5.20. The normalized spacial score (nSPS) is 9.43. The van der Waals surface area contributed by atoms with Gasteiger partial charge in [0.15, 0.2) is 0 Å². The lowest BCUT2D eigenvalue weighted by atomic mass is 10.2. The van der Waals surface area contributed by atoms with E-state index in [2.05, 4.69) is 12.1 Å². The maximum absolute atomic E-state index is 8.94. The molecule has 0 amide bonds. The number of hydrogen-bond donors (Lipinski definition) is 0.